The Hall–Kier alpha value is -1.63. The third-order valence-corrected chi connectivity index (χ3v) is 4.45. The number of carbonyl (C=O) groups excluding carboxylic acids is 2. The molecule has 2 saturated heterocycles. The molecule has 2 N–H and O–H groups in total. The highest BCUT2D eigenvalue weighted by molar-refractivity contribution is 6.31. The van der Waals surface area contributed by atoms with Gasteiger partial charge in [0.15, 0.2) is 6.10 Å². The van der Waals surface area contributed by atoms with Crippen LogP contribution in [0.5, 0.6) is 0 Å². The van der Waals surface area contributed by atoms with Crippen LogP contribution >= 0.6 is 11.6 Å². The van der Waals surface area contributed by atoms with Crippen molar-refractivity contribution < 1.29 is 19.1 Å². The lowest BCUT2D eigenvalue weighted by atomic mass is 9.88. The number of amides is 2. The zero-order chi connectivity index (χ0) is 16.4. The molecule has 6 nitrogen and oxygen atoms in total. The third-order valence-electron chi connectivity index (χ3n) is 4.10. The molecule has 0 unspecified atom stereocenters. The van der Waals surface area contributed by atoms with Crippen LogP contribution in [0.1, 0.15) is 18.5 Å². The summed E-state index contributed by atoms with van der Waals surface area (Å²) in [6.07, 6.45) is -0.808. The van der Waals surface area contributed by atoms with Crippen LogP contribution in [0, 0.1) is 5.41 Å². The SMILES string of the molecule is CC1(CNC(=O)[C@H]2OCC(=O)N[C@@H]2c2ccccc2Cl)COC1. The Labute approximate surface area is 139 Å². The topological polar surface area (TPSA) is 76.7 Å². The summed E-state index contributed by atoms with van der Waals surface area (Å²) in [5.41, 5.74) is 0.633. The molecule has 2 amide bonds. The number of hydrogen-bond donors (Lipinski definition) is 2. The molecule has 23 heavy (non-hydrogen) atoms. The number of morpholine rings is 1. The maximum Gasteiger partial charge on any atom is 0.251 e. The fraction of sp³-hybridized carbons (Fsp3) is 0.500. The molecular weight excluding hydrogens is 320 g/mol. The molecule has 0 bridgehead atoms. The first-order valence-corrected chi connectivity index (χ1v) is 7.87. The van der Waals surface area contributed by atoms with Crippen molar-refractivity contribution in [3.8, 4) is 0 Å². The predicted molar refractivity (Wildman–Crippen MR) is 84.0 cm³/mol. The van der Waals surface area contributed by atoms with Gasteiger partial charge in [-0.1, -0.05) is 36.7 Å². The Morgan fingerprint density at radius 3 is 2.83 bits per heavy atom. The molecule has 2 aliphatic rings. The number of halogens is 1. The number of hydrogen-bond acceptors (Lipinski definition) is 4. The van der Waals surface area contributed by atoms with Gasteiger partial charge < -0.3 is 20.1 Å². The molecule has 0 radical (unpaired) electrons. The van der Waals surface area contributed by atoms with Crippen LogP contribution in [0.4, 0.5) is 0 Å². The van der Waals surface area contributed by atoms with Gasteiger partial charge in [0.25, 0.3) is 5.91 Å². The molecule has 1 aromatic carbocycles. The molecule has 0 saturated carbocycles. The van der Waals surface area contributed by atoms with E-state index in [-0.39, 0.29) is 23.8 Å². The number of rotatable bonds is 4. The van der Waals surface area contributed by atoms with E-state index in [0.29, 0.717) is 30.3 Å². The minimum Gasteiger partial charge on any atom is -0.380 e. The van der Waals surface area contributed by atoms with Gasteiger partial charge in [-0.2, -0.15) is 0 Å². The normalized spacial score (nSPS) is 26.1. The highest BCUT2D eigenvalue weighted by Gasteiger charge is 2.39. The zero-order valence-corrected chi connectivity index (χ0v) is 13.6. The van der Waals surface area contributed by atoms with E-state index in [0.717, 1.165) is 0 Å². The van der Waals surface area contributed by atoms with Crippen molar-refractivity contribution in [1.82, 2.24) is 10.6 Å². The molecule has 2 aliphatic heterocycles. The van der Waals surface area contributed by atoms with Crippen LogP contribution in [0.15, 0.2) is 24.3 Å². The van der Waals surface area contributed by atoms with E-state index in [4.69, 9.17) is 21.1 Å². The Morgan fingerprint density at radius 1 is 1.43 bits per heavy atom. The summed E-state index contributed by atoms with van der Waals surface area (Å²) in [6.45, 7) is 3.67. The van der Waals surface area contributed by atoms with Gasteiger partial charge >= 0.3 is 0 Å². The Kier molecular flexibility index (Phi) is 4.57. The van der Waals surface area contributed by atoms with Gasteiger partial charge in [0, 0.05) is 17.0 Å². The lowest BCUT2D eigenvalue weighted by Gasteiger charge is -2.39. The van der Waals surface area contributed by atoms with Crippen molar-refractivity contribution >= 4 is 23.4 Å². The largest absolute Gasteiger partial charge is 0.380 e. The summed E-state index contributed by atoms with van der Waals surface area (Å²) < 4.78 is 10.7. The van der Waals surface area contributed by atoms with Crippen molar-refractivity contribution in [1.29, 1.82) is 0 Å². The fourth-order valence-corrected chi connectivity index (χ4v) is 2.95. The van der Waals surface area contributed by atoms with Crippen molar-refractivity contribution in [3.05, 3.63) is 34.9 Å². The lowest BCUT2D eigenvalue weighted by Crippen LogP contribution is -2.55. The van der Waals surface area contributed by atoms with Crippen molar-refractivity contribution in [2.24, 2.45) is 5.41 Å². The van der Waals surface area contributed by atoms with E-state index in [1.54, 1.807) is 18.2 Å². The molecule has 1 aromatic rings. The van der Waals surface area contributed by atoms with Gasteiger partial charge in [0.05, 0.1) is 19.3 Å². The molecule has 7 heteroatoms. The summed E-state index contributed by atoms with van der Waals surface area (Å²) in [5, 5.41) is 6.17. The monoisotopic (exact) mass is 338 g/mol. The van der Waals surface area contributed by atoms with Crippen LogP contribution < -0.4 is 10.6 Å². The van der Waals surface area contributed by atoms with Crippen molar-refractivity contribution in [3.63, 3.8) is 0 Å². The molecule has 2 heterocycles. The summed E-state index contributed by atoms with van der Waals surface area (Å²) in [5.74, 6) is -0.527. The average Bonchev–Trinajstić information content (AvgIpc) is 2.51. The minimum absolute atomic E-state index is 0.0343. The van der Waals surface area contributed by atoms with E-state index in [1.165, 1.54) is 0 Å². The molecule has 2 fully saturated rings. The van der Waals surface area contributed by atoms with Crippen LogP contribution in [-0.2, 0) is 19.1 Å². The van der Waals surface area contributed by atoms with Gasteiger partial charge in [-0.05, 0) is 11.6 Å². The fourth-order valence-electron chi connectivity index (χ4n) is 2.70. The summed E-state index contributed by atoms with van der Waals surface area (Å²) in [6, 6.07) is 6.51. The zero-order valence-electron chi connectivity index (χ0n) is 12.8. The van der Waals surface area contributed by atoms with Gasteiger partial charge in [-0.15, -0.1) is 0 Å². The molecule has 0 spiro atoms. The quantitative estimate of drug-likeness (QED) is 0.860. The minimum atomic E-state index is -0.808. The second-order valence-corrected chi connectivity index (χ2v) is 6.73. The van der Waals surface area contributed by atoms with Crippen LogP contribution in [-0.4, -0.2) is 44.3 Å². The number of carbonyl (C=O) groups is 2. The molecule has 124 valence electrons. The van der Waals surface area contributed by atoms with Crippen LogP contribution in [0.25, 0.3) is 0 Å². The third kappa shape index (κ3) is 3.49. The van der Waals surface area contributed by atoms with Crippen molar-refractivity contribution in [2.45, 2.75) is 19.1 Å². The van der Waals surface area contributed by atoms with Gasteiger partial charge in [-0.3, -0.25) is 9.59 Å². The standard InChI is InChI=1S/C16H19ClN2O4/c1-16(8-22-9-16)7-18-15(21)14-13(19-12(20)6-23-14)10-4-2-3-5-11(10)17/h2-5,13-14H,6-9H2,1H3,(H,18,21)(H,19,20)/t13-,14+/m1/s1. The Morgan fingerprint density at radius 2 is 2.17 bits per heavy atom. The van der Waals surface area contributed by atoms with Gasteiger partial charge in [0.1, 0.15) is 6.61 Å². The first kappa shape index (κ1) is 16.2. The lowest BCUT2D eigenvalue weighted by molar-refractivity contribution is -0.150. The molecule has 0 aromatic heterocycles. The van der Waals surface area contributed by atoms with E-state index < -0.39 is 12.1 Å². The Balaban J connectivity index is 1.73. The number of nitrogens with one attached hydrogen (secondary N) is 2. The van der Waals surface area contributed by atoms with Gasteiger partial charge in [0.2, 0.25) is 5.91 Å². The van der Waals surface area contributed by atoms with E-state index in [9.17, 15) is 9.59 Å². The first-order valence-electron chi connectivity index (χ1n) is 7.49. The number of ether oxygens (including phenoxy) is 2. The highest BCUT2D eigenvalue weighted by atomic mass is 35.5. The maximum absolute atomic E-state index is 12.5. The highest BCUT2D eigenvalue weighted by Crippen LogP contribution is 2.29. The molecule has 3 rings (SSSR count). The Bertz CT molecular complexity index is 618. The van der Waals surface area contributed by atoms with Crippen LogP contribution in [0.2, 0.25) is 5.02 Å². The van der Waals surface area contributed by atoms with E-state index in [2.05, 4.69) is 10.6 Å². The molecular formula is C16H19ClN2O4. The second-order valence-electron chi connectivity index (χ2n) is 6.32. The smallest absolute Gasteiger partial charge is 0.251 e. The molecule has 2 atom stereocenters. The summed E-state index contributed by atoms with van der Waals surface area (Å²) >= 11 is 6.20. The summed E-state index contributed by atoms with van der Waals surface area (Å²) in [7, 11) is 0. The average molecular weight is 339 g/mol. The second kappa shape index (κ2) is 6.47. The molecule has 0 aliphatic carbocycles. The van der Waals surface area contributed by atoms with Crippen molar-refractivity contribution in [2.75, 3.05) is 26.4 Å². The number of benzene rings is 1. The maximum atomic E-state index is 12.5. The van der Waals surface area contributed by atoms with E-state index in [1.807, 2.05) is 13.0 Å². The predicted octanol–water partition coefficient (Wildman–Crippen LogP) is 1.05. The van der Waals surface area contributed by atoms with Gasteiger partial charge in [-0.25, -0.2) is 0 Å². The van der Waals surface area contributed by atoms with Crippen LogP contribution in [0.3, 0.4) is 0 Å². The first-order chi connectivity index (χ1) is 11.0. The van der Waals surface area contributed by atoms with E-state index >= 15 is 0 Å². The summed E-state index contributed by atoms with van der Waals surface area (Å²) in [4.78, 5) is 24.2.